The molecule has 1 aromatic carbocycles. The first kappa shape index (κ1) is 8.84. The fraction of sp³-hybridized carbons (Fsp3) is 0. The molecule has 0 amide bonds. The summed E-state index contributed by atoms with van der Waals surface area (Å²) < 4.78 is 1.46. The lowest BCUT2D eigenvalue weighted by atomic mass is 10.2. The Labute approximate surface area is 90.4 Å². The van der Waals surface area contributed by atoms with Gasteiger partial charge in [-0.15, -0.1) is 0 Å². The molecule has 5 heteroatoms. The number of rotatable bonds is 1. The van der Waals surface area contributed by atoms with Gasteiger partial charge in [-0.3, -0.25) is 14.5 Å². The van der Waals surface area contributed by atoms with Gasteiger partial charge < -0.3 is 0 Å². The van der Waals surface area contributed by atoms with Gasteiger partial charge in [0.05, 0.1) is 22.8 Å². The Hall–Kier alpha value is -2.43. The molecule has 2 heterocycles. The molecule has 0 atom stereocenters. The molecule has 1 N–H and O–H groups in total. The number of H-pyrrole nitrogens is 1. The second-order valence-electron chi connectivity index (χ2n) is 3.39. The topological polar surface area (TPSA) is 63.6 Å². The van der Waals surface area contributed by atoms with E-state index in [-0.39, 0.29) is 5.56 Å². The summed E-state index contributed by atoms with van der Waals surface area (Å²) >= 11 is 0. The quantitative estimate of drug-likeness (QED) is 0.657. The highest BCUT2D eigenvalue weighted by molar-refractivity contribution is 5.77. The minimum atomic E-state index is -0.0907. The number of hydrogen-bond donors (Lipinski definition) is 1. The molecule has 0 aliphatic carbocycles. The van der Waals surface area contributed by atoms with Crippen LogP contribution >= 0.6 is 0 Å². The third-order valence-electron chi connectivity index (χ3n) is 2.43. The molecule has 0 radical (unpaired) electrons. The molecular weight excluding hydrogens is 204 g/mol. The van der Waals surface area contributed by atoms with Gasteiger partial charge in [-0.2, -0.15) is 5.10 Å². The van der Waals surface area contributed by atoms with E-state index in [1.165, 1.54) is 10.9 Å². The van der Waals surface area contributed by atoms with Crippen LogP contribution < -0.4 is 5.56 Å². The summed E-state index contributed by atoms with van der Waals surface area (Å²) in [7, 11) is 0. The predicted octanol–water partition coefficient (Wildman–Crippen LogP) is 1.11. The minimum Gasteiger partial charge on any atom is -0.284 e. The van der Waals surface area contributed by atoms with E-state index in [0.717, 1.165) is 0 Å². The lowest BCUT2D eigenvalue weighted by molar-refractivity contribution is 0.964. The minimum absolute atomic E-state index is 0.0907. The Kier molecular flexibility index (Phi) is 1.83. The van der Waals surface area contributed by atoms with Crippen LogP contribution in [0.25, 0.3) is 16.6 Å². The van der Waals surface area contributed by atoms with Crippen molar-refractivity contribution in [1.29, 1.82) is 0 Å². The number of nitrogens with one attached hydrogen (secondary N) is 1. The number of aromatic nitrogens is 4. The van der Waals surface area contributed by atoms with Crippen LogP contribution in [0.2, 0.25) is 0 Å². The zero-order valence-corrected chi connectivity index (χ0v) is 8.29. The van der Waals surface area contributed by atoms with Crippen LogP contribution in [-0.2, 0) is 0 Å². The Morgan fingerprint density at radius 2 is 2.12 bits per heavy atom. The second-order valence-corrected chi connectivity index (χ2v) is 3.39. The van der Waals surface area contributed by atoms with Crippen molar-refractivity contribution in [1.82, 2.24) is 19.7 Å². The molecule has 0 fully saturated rings. The first-order valence-electron chi connectivity index (χ1n) is 4.82. The fourth-order valence-electron chi connectivity index (χ4n) is 1.63. The third-order valence-corrected chi connectivity index (χ3v) is 2.43. The van der Waals surface area contributed by atoms with Gasteiger partial charge in [0.2, 0.25) is 0 Å². The van der Waals surface area contributed by atoms with E-state index in [1.54, 1.807) is 18.5 Å². The second kappa shape index (κ2) is 3.30. The van der Waals surface area contributed by atoms with Crippen LogP contribution in [0, 0.1) is 0 Å². The first-order chi connectivity index (χ1) is 7.86. The fourth-order valence-corrected chi connectivity index (χ4v) is 1.63. The Bertz CT molecular complexity index is 685. The number of benzene rings is 1. The summed E-state index contributed by atoms with van der Waals surface area (Å²) in [5.74, 6) is 0. The largest absolute Gasteiger partial charge is 0.284 e. The van der Waals surface area contributed by atoms with E-state index in [9.17, 15) is 4.79 Å². The highest BCUT2D eigenvalue weighted by Crippen LogP contribution is 2.07. The average Bonchev–Trinajstić information content (AvgIpc) is 2.83. The number of para-hydroxylation sites is 1. The normalized spacial score (nSPS) is 10.8. The maximum Gasteiger partial charge on any atom is 0.265 e. The van der Waals surface area contributed by atoms with E-state index in [1.807, 2.05) is 18.2 Å². The standard InChI is InChI=1S/C11H8N4O/c16-11-9-3-1-2-4-10(9)12-7-15(11)8-5-13-14-6-8/h1-7H,(H,13,14). The zero-order chi connectivity index (χ0) is 11.0. The maximum absolute atomic E-state index is 12.1. The van der Waals surface area contributed by atoms with Gasteiger partial charge in [-0.25, -0.2) is 4.98 Å². The number of fused-ring (bicyclic) bond motifs is 1. The molecule has 16 heavy (non-hydrogen) atoms. The molecule has 0 saturated carbocycles. The van der Waals surface area contributed by atoms with Crippen molar-refractivity contribution in [2.45, 2.75) is 0 Å². The molecule has 0 saturated heterocycles. The molecule has 2 aromatic heterocycles. The van der Waals surface area contributed by atoms with E-state index in [4.69, 9.17) is 0 Å². The lowest BCUT2D eigenvalue weighted by Gasteiger charge is -2.02. The van der Waals surface area contributed by atoms with Gasteiger partial charge in [-0.05, 0) is 12.1 Å². The van der Waals surface area contributed by atoms with Crippen molar-refractivity contribution in [3.05, 3.63) is 53.3 Å². The summed E-state index contributed by atoms with van der Waals surface area (Å²) in [5.41, 5.74) is 1.29. The molecule has 0 aliphatic heterocycles. The van der Waals surface area contributed by atoms with Gasteiger partial charge in [0.25, 0.3) is 5.56 Å². The van der Waals surface area contributed by atoms with Crippen LogP contribution in [0.5, 0.6) is 0 Å². The average molecular weight is 212 g/mol. The van der Waals surface area contributed by atoms with Crippen LogP contribution in [-0.4, -0.2) is 19.7 Å². The number of nitrogens with zero attached hydrogens (tertiary/aromatic N) is 3. The van der Waals surface area contributed by atoms with Crippen molar-refractivity contribution < 1.29 is 0 Å². The Morgan fingerprint density at radius 1 is 1.25 bits per heavy atom. The predicted molar refractivity (Wildman–Crippen MR) is 59.5 cm³/mol. The molecule has 3 rings (SSSR count). The summed E-state index contributed by atoms with van der Waals surface area (Å²) in [5, 5.41) is 7.08. The summed E-state index contributed by atoms with van der Waals surface area (Å²) in [6, 6.07) is 7.26. The Morgan fingerprint density at radius 3 is 2.94 bits per heavy atom. The number of aromatic amines is 1. The molecule has 5 nitrogen and oxygen atoms in total. The summed E-state index contributed by atoms with van der Waals surface area (Å²) in [6.45, 7) is 0. The monoisotopic (exact) mass is 212 g/mol. The highest BCUT2D eigenvalue weighted by Gasteiger charge is 2.05. The molecule has 0 unspecified atom stereocenters. The molecular formula is C11H8N4O. The molecule has 0 spiro atoms. The number of hydrogen-bond acceptors (Lipinski definition) is 3. The SMILES string of the molecule is O=c1c2ccccc2ncn1-c1cn[nH]c1. The van der Waals surface area contributed by atoms with Crippen molar-refractivity contribution in [3.8, 4) is 5.69 Å². The molecule has 0 aliphatic rings. The third kappa shape index (κ3) is 1.22. The smallest absolute Gasteiger partial charge is 0.265 e. The van der Waals surface area contributed by atoms with Crippen LogP contribution in [0.1, 0.15) is 0 Å². The maximum atomic E-state index is 12.1. The van der Waals surface area contributed by atoms with Gasteiger partial charge >= 0.3 is 0 Å². The highest BCUT2D eigenvalue weighted by atomic mass is 16.1. The van der Waals surface area contributed by atoms with Crippen LogP contribution in [0.4, 0.5) is 0 Å². The first-order valence-corrected chi connectivity index (χ1v) is 4.82. The van der Waals surface area contributed by atoms with E-state index in [2.05, 4.69) is 15.2 Å². The van der Waals surface area contributed by atoms with E-state index in [0.29, 0.717) is 16.6 Å². The molecule has 3 aromatic rings. The molecule has 78 valence electrons. The van der Waals surface area contributed by atoms with E-state index >= 15 is 0 Å². The van der Waals surface area contributed by atoms with Crippen molar-refractivity contribution in [2.75, 3.05) is 0 Å². The van der Waals surface area contributed by atoms with Crippen LogP contribution in [0.15, 0.2) is 47.8 Å². The molecule has 0 bridgehead atoms. The van der Waals surface area contributed by atoms with Gasteiger partial charge in [0.1, 0.15) is 6.33 Å². The van der Waals surface area contributed by atoms with Gasteiger partial charge in [0, 0.05) is 6.20 Å². The Balaban J connectivity index is 2.37. The van der Waals surface area contributed by atoms with Crippen molar-refractivity contribution >= 4 is 10.9 Å². The van der Waals surface area contributed by atoms with Gasteiger partial charge in [0.15, 0.2) is 0 Å². The van der Waals surface area contributed by atoms with E-state index < -0.39 is 0 Å². The van der Waals surface area contributed by atoms with Crippen LogP contribution in [0.3, 0.4) is 0 Å². The lowest BCUT2D eigenvalue weighted by Crippen LogP contribution is -2.18. The van der Waals surface area contributed by atoms with Crippen molar-refractivity contribution in [2.24, 2.45) is 0 Å². The van der Waals surface area contributed by atoms with Gasteiger partial charge in [-0.1, -0.05) is 12.1 Å². The summed E-state index contributed by atoms with van der Waals surface area (Å²) in [6.07, 6.45) is 4.74. The van der Waals surface area contributed by atoms with Crippen molar-refractivity contribution in [3.63, 3.8) is 0 Å². The zero-order valence-electron chi connectivity index (χ0n) is 8.29. The summed E-state index contributed by atoms with van der Waals surface area (Å²) in [4.78, 5) is 16.3.